The van der Waals surface area contributed by atoms with E-state index in [2.05, 4.69) is 58.5 Å². The molecule has 1 aliphatic rings. The predicted molar refractivity (Wildman–Crippen MR) is 165 cm³/mol. The van der Waals surface area contributed by atoms with Crippen LogP contribution < -0.4 is 15.2 Å². The maximum absolute atomic E-state index is 11.3. The van der Waals surface area contributed by atoms with Crippen molar-refractivity contribution >= 4 is 16.8 Å². The van der Waals surface area contributed by atoms with Crippen molar-refractivity contribution < 1.29 is 14.3 Å². The molecule has 1 aromatic heterocycles. The summed E-state index contributed by atoms with van der Waals surface area (Å²) in [5, 5.41) is 1.21. The third kappa shape index (κ3) is 7.92. The van der Waals surface area contributed by atoms with Crippen molar-refractivity contribution in [2.24, 2.45) is 11.7 Å². The maximum Gasteiger partial charge on any atom is 0.221 e. The monoisotopic (exact) mass is 553 g/mol. The molecule has 0 saturated heterocycles. The van der Waals surface area contributed by atoms with Crippen LogP contribution in [0.3, 0.4) is 0 Å². The molecule has 0 radical (unpaired) electrons. The zero-order valence-electron chi connectivity index (χ0n) is 24.2. The van der Waals surface area contributed by atoms with Crippen LogP contribution >= 0.6 is 0 Å². The van der Waals surface area contributed by atoms with Crippen LogP contribution in [0.2, 0.25) is 0 Å². The number of primary amides is 1. The summed E-state index contributed by atoms with van der Waals surface area (Å²) in [4.78, 5) is 17.4. The van der Waals surface area contributed by atoms with E-state index in [0.29, 0.717) is 18.4 Å². The average Bonchev–Trinajstić information content (AvgIpc) is 3.40. The van der Waals surface area contributed by atoms with Gasteiger partial charge in [0, 0.05) is 36.7 Å². The van der Waals surface area contributed by atoms with Crippen LogP contribution in [0.5, 0.6) is 11.5 Å². The van der Waals surface area contributed by atoms with Crippen LogP contribution in [-0.2, 0) is 17.8 Å². The lowest BCUT2D eigenvalue weighted by molar-refractivity contribution is -0.117. The van der Waals surface area contributed by atoms with Crippen molar-refractivity contribution in [2.45, 2.75) is 57.4 Å². The summed E-state index contributed by atoms with van der Waals surface area (Å²) in [6.45, 7) is 3.40. The first-order valence-corrected chi connectivity index (χ1v) is 15.0. The highest BCUT2D eigenvalue weighted by atomic mass is 16.5. The van der Waals surface area contributed by atoms with Gasteiger partial charge in [-0.1, -0.05) is 61.7 Å². The number of benzene rings is 3. The van der Waals surface area contributed by atoms with Crippen LogP contribution in [0.1, 0.15) is 61.1 Å². The Kier molecular flexibility index (Phi) is 9.97. The molecule has 1 aliphatic carbocycles. The Labute approximate surface area is 243 Å². The average molecular weight is 554 g/mol. The lowest BCUT2D eigenvalue weighted by Gasteiger charge is -2.35. The number of amides is 1. The van der Waals surface area contributed by atoms with Crippen molar-refractivity contribution in [3.8, 4) is 11.5 Å². The topological polar surface area (TPSA) is 80.6 Å². The van der Waals surface area contributed by atoms with Gasteiger partial charge in [-0.3, -0.25) is 9.69 Å². The number of carbonyl (C=O) groups excluding carboxylic acids is 1. The highest BCUT2D eigenvalue weighted by Gasteiger charge is 2.27. The summed E-state index contributed by atoms with van der Waals surface area (Å²) in [5.74, 6) is 2.53. The highest BCUT2D eigenvalue weighted by Crippen LogP contribution is 2.37. The van der Waals surface area contributed by atoms with Gasteiger partial charge in [-0.2, -0.15) is 0 Å². The van der Waals surface area contributed by atoms with Crippen molar-refractivity contribution in [1.29, 1.82) is 0 Å². The van der Waals surface area contributed by atoms with Crippen molar-refractivity contribution in [3.05, 3.63) is 95.7 Å². The van der Waals surface area contributed by atoms with Gasteiger partial charge in [0.15, 0.2) is 0 Å². The summed E-state index contributed by atoms with van der Waals surface area (Å²) in [5.41, 5.74) is 10.1. The van der Waals surface area contributed by atoms with E-state index >= 15 is 0 Å². The Balaban J connectivity index is 1.32. The molecule has 3 aromatic carbocycles. The number of rotatable bonds is 14. The number of hydrogen-bond donors (Lipinski definition) is 2. The van der Waals surface area contributed by atoms with E-state index in [1.54, 1.807) is 7.11 Å². The Hall–Kier alpha value is -3.77. The second-order valence-electron chi connectivity index (χ2n) is 11.4. The number of nitrogens with zero attached hydrogens (tertiary/aromatic N) is 1. The second kappa shape index (κ2) is 14.2. The molecular weight excluding hydrogens is 510 g/mol. The lowest BCUT2D eigenvalue weighted by Crippen LogP contribution is -2.33. The largest absolute Gasteiger partial charge is 0.497 e. The van der Waals surface area contributed by atoms with Gasteiger partial charge >= 0.3 is 0 Å². The van der Waals surface area contributed by atoms with E-state index in [1.807, 2.05) is 30.3 Å². The molecule has 0 spiro atoms. The van der Waals surface area contributed by atoms with Crippen LogP contribution in [0.15, 0.2) is 79.0 Å². The van der Waals surface area contributed by atoms with Crippen LogP contribution in [0.25, 0.3) is 10.9 Å². The van der Waals surface area contributed by atoms with Crippen LogP contribution in [0, 0.1) is 5.92 Å². The minimum Gasteiger partial charge on any atom is -0.497 e. The number of aromatic amines is 1. The molecule has 1 atom stereocenters. The van der Waals surface area contributed by atoms with Gasteiger partial charge in [0.1, 0.15) is 11.5 Å². The van der Waals surface area contributed by atoms with E-state index in [9.17, 15) is 4.79 Å². The zero-order chi connectivity index (χ0) is 28.4. The fourth-order valence-corrected chi connectivity index (χ4v) is 6.36. The molecule has 1 heterocycles. The number of nitrogens with two attached hydrogens (primary N) is 1. The maximum atomic E-state index is 11.3. The van der Waals surface area contributed by atoms with Crippen molar-refractivity contribution in [3.63, 3.8) is 0 Å². The molecule has 1 amide bonds. The molecule has 5 rings (SSSR count). The molecule has 0 aliphatic heterocycles. The number of hydrogen-bond acceptors (Lipinski definition) is 4. The molecule has 3 N–H and O–H groups in total. The third-order valence-electron chi connectivity index (χ3n) is 8.43. The number of H-pyrrole nitrogens is 1. The first-order valence-electron chi connectivity index (χ1n) is 15.0. The van der Waals surface area contributed by atoms with Gasteiger partial charge in [-0.25, -0.2) is 0 Å². The van der Waals surface area contributed by atoms with Gasteiger partial charge in [0.05, 0.1) is 20.1 Å². The molecule has 216 valence electrons. The summed E-state index contributed by atoms with van der Waals surface area (Å²) < 4.78 is 11.7. The van der Waals surface area contributed by atoms with E-state index in [1.165, 1.54) is 48.6 Å². The number of fused-ring (bicyclic) bond motifs is 1. The van der Waals surface area contributed by atoms with Gasteiger partial charge in [-0.15, -0.1) is 0 Å². The fraction of sp³-hybridized carbons (Fsp3) is 0.400. The minimum atomic E-state index is -0.335. The molecule has 1 unspecified atom stereocenters. The van der Waals surface area contributed by atoms with Crippen LogP contribution in [0.4, 0.5) is 0 Å². The summed E-state index contributed by atoms with van der Waals surface area (Å²) in [7, 11) is 1.72. The summed E-state index contributed by atoms with van der Waals surface area (Å²) in [6.07, 6.45) is 9.91. The highest BCUT2D eigenvalue weighted by molar-refractivity contribution is 5.84. The van der Waals surface area contributed by atoms with Gasteiger partial charge in [0.25, 0.3) is 0 Å². The zero-order valence-corrected chi connectivity index (χ0v) is 24.2. The second-order valence-corrected chi connectivity index (χ2v) is 11.4. The Morgan fingerprint density at radius 3 is 2.61 bits per heavy atom. The Bertz CT molecular complexity index is 1390. The van der Waals surface area contributed by atoms with Crippen molar-refractivity contribution in [2.75, 3.05) is 26.8 Å². The molecule has 6 heteroatoms. The number of nitrogens with one attached hydrogen (secondary N) is 1. The molecule has 0 bridgehead atoms. The molecule has 41 heavy (non-hydrogen) atoms. The number of carbonyl (C=O) groups is 1. The first-order chi connectivity index (χ1) is 20.1. The Morgan fingerprint density at radius 2 is 1.83 bits per heavy atom. The van der Waals surface area contributed by atoms with Crippen molar-refractivity contribution in [1.82, 2.24) is 9.88 Å². The summed E-state index contributed by atoms with van der Waals surface area (Å²) in [6, 6.07) is 25.0. The van der Waals surface area contributed by atoms with Gasteiger partial charge < -0.3 is 20.2 Å². The first kappa shape index (κ1) is 28.7. The van der Waals surface area contributed by atoms with E-state index in [4.69, 9.17) is 15.2 Å². The smallest absolute Gasteiger partial charge is 0.221 e. The predicted octanol–water partition coefficient (Wildman–Crippen LogP) is 6.84. The van der Waals surface area contributed by atoms with E-state index < -0.39 is 0 Å². The molecule has 1 saturated carbocycles. The quantitative estimate of drug-likeness (QED) is 0.168. The standard InChI is InChI=1S/C35H43N3O3/c1-40-30-16-17-34-32(22-30)29(23-37-34)24-38(18-9-19-41-31-15-8-10-26(20-31)21-35(36)39)25-33(27-11-4-2-5-12-27)28-13-6-3-7-14-28/h2,4-5,8,10-12,15-17,20,22-23,28,33,37H,3,6-7,9,13-14,18-19,21,24-25H2,1H3,(H2,36,39). The van der Waals surface area contributed by atoms with Crippen LogP contribution in [-0.4, -0.2) is 42.6 Å². The fourth-order valence-electron chi connectivity index (χ4n) is 6.36. The van der Waals surface area contributed by atoms with E-state index in [-0.39, 0.29) is 12.3 Å². The van der Waals surface area contributed by atoms with Gasteiger partial charge in [-0.05, 0) is 78.1 Å². The Morgan fingerprint density at radius 1 is 1.00 bits per heavy atom. The number of ether oxygens (including phenoxy) is 2. The molecular formula is C35H43N3O3. The SMILES string of the molecule is COc1ccc2[nH]cc(CN(CCCOc3cccc(CC(N)=O)c3)CC(c3ccccc3)C3CCCCC3)c2c1. The van der Waals surface area contributed by atoms with E-state index in [0.717, 1.165) is 48.6 Å². The minimum absolute atomic E-state index is 0.225. The van der Waals surface area contributed by atoms with Gasteiger partial charge in [0.2, 0.25) is 5.91 Å². The molecule has 1 fully saturated rings. The third-order valence-corrected chi connectivity index (χ3v) is 8.43. The lowest BCUT2D eigenvalue weighted by atomic mass is 9.76. The normalized spacial score (nSPS) is 14.8. The number of methoxy groups -OCH3 is 1. The number of aromatic nitrogens is 1. The molecule has 6 nitrogen and oxygen atoms in total. The summed E-state index contributed by atoms with van der Waals surface area (Å²) >= 11 is 0. The molecule has 4 aromatic rings.